The van der Waals surface area contributed by atoms with Gasteiger partial charge in [-0.05, 0) is 49.6 Å². The Morgan fingerprint density at radius 3 is 2.60 bits per heavy atom. The molecule has 1 aromatic heterocycles. The number of rotatable bonds is 4. The van der Waals surface area contributed by atoms with E-state index in [1.165, 1.54) is 0 Å². The van der Waals surface area contributed by atoms with Crippen LogP contribution in [-0.4, -0.2) is 41.3 Å². The second kappa shape index (κ2) is 7.91. The number of benzene rings is 2. The Balaban J connectivity index is 1.43. The predicted molar refractivity (Wildman–Crippen MR) is 113 cm³/mol. The van der Waals surface area contributed by atoms with Gasteiger partial charge in [-0.1, -0.05) is 18.2 Å². The van der Waals surface area contributed by atoms with Crippen LogP contribution in [0.25, 0.3) is 16.7 Å². The van der Waals surface area contributed by atoms with Crippen LogP contribution in [0, 0.1) is 12.8 Å². The van der Waals surface area contributed by atoms with Crippen molar-refractivity contribution in [3.8, 4) is 5.69 Å². The molecule has 8 nitrogen and oxygen atoms in total. The molecule has 1 aliphatic rings. The zero-order chi connectivity index (χ0) is 21.3. The summed E-state index contributed by atoms with van der Waals surface area (Å²) in [6, 6.07) is 15.0. The van der Waals surface area contributed by atoms with Crippen molar-refractivity contribution in [2.45, 2.75) is 19.8 Å². The monoisotopic (exact) mass is 426 g/mol. The van der Waals surface area contributed by atoms with E-state index in [1.807, 2.05) is 47.9 Å². The Labute approximate surface area is 174 Å². The number of carbonyl (C=O) groups is 2. The van der Waals surface area contributed by atoms with Crippen molar-refractivity contribution in [3.05, 3.63) is 59.9 Å². The molecular weight excluding hydrogens is 404 g/mol. The third-order valence-corrected chi connectivity index (χ3v) is 7.05. The van der Waals surface area contributed by atoms with Gasteiger partial charge in [0, 0.05) is 17.7 Å². The molecule has 2 N–H and O–H groups in total. The Kier molecular flexibility index (Phi) is 5.29. The molecule has 0 saturated carbocycles. The molecule has 2 heterocycles. The molecular formula is C21H22N4O4S. The van der Waals surface area contributed by atoms with Gasteiger partial charge < -0.3 is 0 Å². The maximum absolute atomic E-state index is 12.4. The first-order chi connectivity index (χ1) is 14.3. The number of hydrogen-bond acceptors (Lipinski definition) is 5. The number of amides is 2. The van der Waals surface area contributed by atoms with Crippen LogP contribution in [0.3, 0.4) is 0 Å². The Bertz CT molecular complexity index is 1220. The van der Waals surface area contributed by atoms with Crippen molar-refractivity contribution in [3.63, 3.8) is 0 Å². The van der Waals surface area contributed by atoms with E-state index in [0.29, 0.717) is 17.5 Å². The lowest BCUT2D eigenvalue weighted by molar-refractivity contribution is -0.122. The summed E-state index contributed by atoms with van der Waals surface area (Å²) in [7, 11) is -3.03. The summed E-state index contributed by atoms with van der Waals surface area (Å²) >= 11 is 0. The highest BCUT2D eigenvalue weighted by Crippen LogP contribution is 2.23. The smallest absolute Gasteiger partial charge is 0.269 e. The van der Waals surface area contributed by atoms with Crippen LogP contribution in [0.15, 0.2) is 48.5 Å². The molecule has 0 radical (unpaired) electrons. The van der Waals surface area contributed by atoms with Gasteiger partial charge in [-0.2, -0.15) is 0 Å². The normalized spacial score (nSPS) is 17.7. The second-order valence-electron chi connectivity index (χ2n) is 7.51. The number of sulfone groups is 1. The molecule has 1 atom stereocenters. The van der Waals surface area contributed by atoms with Crippen LogP contribution in [0.2, 0.25) is 0 Å². The fraction of sp³-hybridized carbons (Fsp3) is 0.286. The molecule has 156 valence electrons. The number of nitrogens with one attached hydrogen (secondary N) is 2. The summed E-state index contributed by atoms with van der Waals surface area (Å²) in [5.74, 6) is -0.130. The molecule has 1 saturated heterocycles. The predicted octanol–water partition coefficient (Wildman–Crippen LogP) is 1.92. The summed E-state index contributed by atoms with van der Waals surface area (Å²) in [4.78, 5) is 29.0. The van der Waals surface area contributed by atoms with Crippen molar-refractivity contribution in [1.82, 2.24) is 20.4 Å². The van der Waals surface area contributed by atoms with Crippen LogP contribution in [0.1, 0.15) is 29.0 Å². The van der Waals surface area contributed by atoms with E-state index in [-0.39, 0.29) is 23.8 Å². The van der Waals surface area contributed by atoms with Gasteiger partial charge in [0.05, 0.1) is 22.5 Å². The fourth-order valence-electron chi connectivity index (χ4n) is 3.79. The Morgan fingerprint density at radius 2 is 1.90 bits per heavy atom. The topological polar surface area (TPSA) is 110 Å². The lowest BCUT2D eigenvalue weighted by Crippen LogP contribution is -2.42. The van der Waals surface area contributed by atoms with Crippen LogP contribution in [0.5, 0.6) is 0 Å². The molecule has 2 aromatic carbocycles. The van der Waals surface area contributed by atoms with E-state index in [0.717, 1.165) is 17.0 Å². The zero-order valence-electron chi connectivity index (χ0n) is 16.5. The SMILES string of the molecule is Cc1nc2cc(C(=O)NNC(=O)CC3CCS(=O)(=O)C3)ccc2n1-c1ccccc1. The van der Waals surface area contributed by atoms with Gasteiger partial charge in [0.2, 0.25) is 5.91 Å². The van der Waals surface area contributed by atoms with Crippen LogP contribution < -0.4 is 10.9 Å². The van der Waals surface area contributed by atoms with Crippen molar-refractivity contribution >= 4 is 32.7 Å². The quantitative estimate of drug-likeness (QED) is 0.620. The lowest BCUT2D eigenvalue weighted by atomic mass is 10.1. The molecule has 2 amide bonds. The second-order valence-corrected chi connectivity index (χ2v) is 9.74. The maximum atomic E-state index is 12.4. The summed E-state index contributed by atoms with van der Waals surface area (Å²) in [6.07, 6.45) is 0.545. The number of carbonyl (C=O) groups excluding carboxylic acids is 2. The van der Waals surface area contributed by atoms with Crippen molar-refractivity contribution in [2.24, 2.45) is 5.92 Å². The van der Waals surface area contributed by atoms with Crippen LogP contribution in [0.4, 0.5) is 0 Å². The van der Waals surface area contributed by atoms with Gasteiger partial charge in [-0.25, -0.2) is 13.4 Å². The molecule has 4 rings (SSSR count). The van der Waals surface area contributed by atoms with E-state index < -0.39 is 21.7 Å². The van der Waals surface area contributed by atoms with E-state index in [2.05, 4.69) is 15.8 Å². The van der Waals surface area contributed by atoms with Crippen molar-refractivity contribution in [1.29, 1.82) is 0 Å². The van der Waals surface area contributed by atoms with E-state index in [1.54, 1.807) is 12.1 Å². The number of fused-ring (bicyclic) bond motifs is 1. The molecule has 1 fully saturated rings. The minimum absolute atomic E-state index is 0.0223. The fourth-order valence-corrected chi connectivity index (χ4v) is 5.65. The molecule has 1 aliphatic heterocycles. The molecule has 0 aliphatic carbocycles. The molecule has 0 spiro atoms. The standard InChI is InChI=1S/C21H22N4O4S/c1-14-22-18-12-16(7-8-19(18)25(14)17-5-3-2-4-6-17)21(27)24-23-20(26)11-15-9-10-30(28,29)13-15/h2-8,12,15H,9-11,13H2,1H3,(H,23,26)(H,24,27). The molecule has 3 aromatic rings. The van der Waals surface area contributed by atoms with Gasteiger partial charge in [0.25, 0.3) is 5.91 Å². The number of nitrogens with zero attached hydrogens (tertiary/aromatic N) is 2. The molecule has 0 bridgehead atoms. The summed E-state index contributed by atoms with van der Waals surface area (Å²) in [5.41, 5.74) is 7.65. The Morgan fingerprint density at radius 1 is 1.13 bits per heavy atom. The molecule has 30 heavy (non-hydrogen) atoms. The van der Waals surface area contributed by atoms with Gasteiger partial charge in [-0.15, -0.1) is 0 Å². The number of hydrazine groups is 1. The number of aryl methyl sites for hydroxylation is 1. The minimum Gasteiger partial charge on any atom is -0.297 e. The first kappa shape index (κ1) is 20.1. The van der Waals surface area contributed by atoms with E-state index in [4.69, 9.17) is 0 Å². The van der Waals surface area contributed by atoms with Gasteiger partial charge in [-0.3, -0.25) is 25.0 Å². The number of hydrogen-bond donors (Lipinski definition) is 2. The number of imidazole rings is 1. The van der Waals surface area contributed by atoms with Crippen LogP contribution in [-0.2, 0) is 14.6 Å². The zero-order valence-corrected chi connectivity index (χ0v) is 17.3. The average molecular weight is 426 g/mol. The highest BCUT2D eigenvalue weighted by atomic mass is 32.2. The largest absolute Gasteiger partial charge is 0.297 e. The third-order valence-electron chi connectivity index (χ3n) is 5.22. The summed E-state index contributed by atoms with van der Waals surface area (Å²) in [5, 5.41) is 0. The van der Waals surface area contributed by atoms with Gasteiger partial charge >= 0.3 is 0 Å². The first-order valence-corrected chi connectivity index (χ1v) is 11.5. The minimum atomic E-state index is -3.03. The molecule has 9 heteroatoms. The molecule has 1 unspecified atom stereocenters. The summed E-state index contributed by atoms with van der Waals surface area (Å²) < 4.78 is 25.0. The average Bonchev–Trinajstić information content (AvgIpc) is 3.23. The van der Waals surface area contributed by atoms with Gasteiger partial charge in [0.1, 0.15) is 5.82 Å². The van der Waals surface area contributed by atoms with Gasteiger partial charge in [0.15, 0.2) is 9.84 Å². The third kappa shape index (κ3) is 4.20. The maximum Gasteiger partial charge on any atom is 0.269 e. The summed E-state index contributed by atoms with van der Waals surface area (Å²) in [6.45, 7) is 1.90. The van der Waals surface area contributed by atoms with Crippen LogP contribution >= 0.6 is 0 Å². The van der Waals surface area contributed by atoms with E-state index >= 15 is 0 Å². The number of aromatic nitrogens is 2. The van der Waals surface area contributed by atoms with Crippen molar-refractivity contribution in [2.75, 3.05) is 11.5 Å². The lowest BCUT2D eigenvalue weighted by Gasteiger charge is -2.10. The highest BCUT2D eigenvalue weighted by molar-refractivity contribution is 7.91. The highest BCUT2D eigenvalue weighted by Gasteiger charge is 2.29. The van der Waals surface area contributed by atoms with Crippen molar-refractivity contribution < 1.29 is 18.0 Å². The Hall–Kier alpha value is -3.20. The number of para-hydroxylation sites is 1. The first-order valence-electron chi connectivity index (χ1n) is 9.66. The van der Waals surface area contributed by atoms with E-state index in [9.17, 15) is 18.0 Å².